The number of halogens is 1. The molecule has 2 heterocycles. The van der Waals surface area contributed by atoms with Gasteiger partial charge in [0, 0.05) is 18.8 Å². The Hall–Kier alpha value is -0.600. The lowest BCUT2D eigenvalue weighted by molar-refractivity contribution is 0.136. The lowest BCUT2D eigenvalue weighted by Gasteiger charge is -2.35. The summed E-state index contributed by atoms with van der Waals surface area (Å²) in [5.74, 6) is 0. The van der Waals surface area contributed by atoms with Crippen LogP contribution in [0.2, 0.25) is 5.15 Å². The second-order valence-electron chi connectivity index (χ2n) is 4.52. The van der Waals surface area contributed by atoms with E-state index < -0.39 is 0 Å². The standard InChI is InChI=1S/C13H19ClN2/c1-2-12-5-3-4-8-16(12)10-11-6-7-15-13(14)9-11/h6-7,9,12H,2-5,8,10H2,1H3. The third-order valence-corrected chi connectivity index (χ3v) is 3.60. The summed E-state index contributed by atoms with van der Waals surface area (Å²) in [6.45, 7) is 4.52. The van der Waals surface area contributed by atoms with Crippen molar-refractivity contribution in [3.05, 3.63) is 29.0 Å². The van der Waals surface area contributed by atoms with Crippen molar-refractivity contribution < 1.29 is 0 Å². The Morgan fingerprint density at radius 3 is 3.12 bits per heavy atom. The molecule has 1 atom stereocenters. The van der Waals surface area contributed by atoms with Crippen LogP contribution in [-0.2, 0) is 6.54 Å². The van der Waals surface area contributed by atoms with E-state index >= 15 is 0 Å². The highest BCUT2D eigenvalue weighted by Crippen LogP contribution is 2.22. The fraction of sp³-hybridized carbons (Fsp3) is 0.615. The van der Waals surface area contributed by atoms with Gasteiger partial charge in [0.15, 0.2) is 0 Å². The molecule has 2 nitrogen and oxygen atoms in total. The minimum atomic E-state index is 0.600. The molecule has 1 unspecified atom stereocenters. The van der Waals surface area contributed by atoms with Crippen molar-refractivity contribution in [1.29, 1.82) is 0 Å². The van der Waals surface area contributed by atoms with E-state index in [-0.39, 0.29) is 0 Å². The molecule has 3 heteroatoms. The van der Waals surface area contributed by atoms with Gasteiger partial charge in [-0.3, -0.25) is 4.90 Å². The quantitative estimate of drug-likeness (QED) is 0.750. The fourth-order valence-electron chi connectivity index (χ4n) is 2.51. The third-order valence-electron chi connectivity index (χ3n) is 3.40. The van der Waals surface area contributed by atoms with Crippen molar-refractivity contribution >= 4 is 11.6 Å². The Morgan fingerprint density at radius 1 is 1.50 bits per heavy atom. The van der Waals surface area contributed by atoms with Gasteiger partial charge in [0.25, 0.3) is 0 Å². The molecule has 2 rings (SSSR count). The van der Waals surface area contributed by atoms with Gasteiger partial charge in [-0.2, -0.15) is 0 Å². The second-order valence-corrected chi connectivity index (χ2v) is 4.90. The molecule has 1 aliphatic heterocycles. The summed E-state index contributed by atoms with van der Waals surface area (Å²) < 4.78 is 0. The Kier molecular flexibility index (Phi) is 4.19. The molecule has 1 aromatic rings. The number of hydrogen-bond acceptors (Lipinski definition) is 2. The molecular formula is C13H19ClN2. The highest BCUT2D eigenvalue weighted by Gasteiger charge is 2.20. The highest BCUT2D eigenvalue weighted by atomic mass is 35.5. The summed E-state index contributed by atoms with van der Waals surface area (Å²) in [5, 5.41) is 0.600. The first kappa shape index (κ1) is 11.9. The number of aromatic nitrogens is 1. The smallest absolute Gasteiger partial charge is 0.129 e. The van der Waals surface area contributed by atoms with E-state index in [9.17, 15) is 0 Å². The number of pyridine rings is 1. The van der Waals surface area contributed by atoms with Gasteiger partial charge < -0.3 is 0 Å². The summed E-state index contributed by atoms with van der Waals surface area (Å²) in [5.41, 5.74) is 1.28. The second kappa shape index (κ2) is 5.65. The third kappa shape index (κ3) is 2.96. The summed E-state index contributed by atoms with van der Waals surface area (Å²) >= 11 is 5.90. The zero-order valence-electron chi connectivity index (χ0n) is 9.82. The predicted octanol–water partition coefficient (Wildman–Crippen LogP) is 3.50. The van der Waals surface area contributed by atoms with Gasteiger partial charge >= 0.3 is 0 Å². The molecule has 0 radical (unpaired) electrons. The van der Waals surface area contributed by atoms with E-state index in [4.69, 9.17) is 11.6 Å². The molecule has 0 amide bonds. The van der Waals surface area contributed by atoms with Crippen LogP contribution in [0, 0.1) is 0 Å². The van der Waals surface area contributed by atoms with Crippen molar-refractivity contribution in [3.63, 3.8) is 0 Å². The molecule has 0 aliphatic carbocycles. The topological polar surface area (TPSA) is 16.1 Å². The van der Waals surface area contributed by atoms with Crippen molar-refractivity contribution in [2.45, 2.75) is 45.2 Å². The van der Waals surface area contributed by atoms with Gasteiger partial charge in [-0.25, -0.2) is 4.98 Å². The molecule has 0 bridgehead atoms. The molecular weight excluding hydrogens is 220 g/mol. The maximum atomic E-state index is 5.90. The average Bonchev–Trinajstić information content (AvgIpc) is 2.30. The monoisotopic (exact) mass is 238 g/mol. The lowest BCUT2D eigenvalue weighted by atomic mass is 9.99. The molecule has 88 valence electrons. The normalized spacial score (nSPS) is 22.2. The first-order valence-electron chi connectivity index (χ1n) is 6.14. The van der Waals surface area contributed by atoms with Crippen LogP contribution in [0.1, 0.15) is 38.2 Å². The van der Waals surface area contributed by atoms with Gasteiger partial charge in [0.05, 0.1) is 0 Å². The van der Waals surface area contributed by atoms with E-state index in [0.29, 0.717) is 5.15 Å². The van der Waals surface area contributed by atoms with Gasteiger partial charge in [-0.1, -0.05) is 24.9 Å². The molecule has 0 N–H and O–H groups in total. The van der Waals surface area contributed by atoms with Crippen LogP contribution in [0.4, 0.5) is 0 Å². The van der Waals surface area contributed by atoms with Gasteiger partial charge in [-0.05, 0) is 43.5 Å². The van der Waals surface area contributed by atoms with E-state index in [0.717, 1.165) is 12.6 Å². The average molecular weight is 239 g/mol. The zero-order chi connectivity index (χ0) is 11.4. The summed E-state index contributed by atoms with van der Waals surface area (Å²) in [6.07, 6.45) is 7.10. The highest BCUT2D eigenvalue weighted by molar-refractivity contribution is 6.29. The first-order valence-corrected chi connectivity index (χ1v) is 6.52. The SMILES string of the molecule is CCC1CCCCN1Cc1ccnc(Cl)c1. The Bertz CT molecular complexity index is 340. The Morgan fingerprint density at radius 2 is 2.38 bits per heavy atom. The molecule has 1 aliphatic rings. The lowest BCUT2D eigenvalue weighted by Crippen LogP contribution is -2.38. The van der Waals surface area contributed by atoms with E-state index in [2.05, 4.69) is 22.9 Å². The largest absolute Gasteiger partial charge is 0.296 e. The fourth-order valence-corrected chi connectivity index (χ4v) is 2.70. The molecule has 0 saturated carbocycles. The van der Waals surface area contributed by atoms with Crippen LogP contribution < -0.4 is 0 Å². The molecule has 16 heavy (non-hydrogen) atoms. The van der Waals surface area contributed by atoms with E-state index in [1.807, 2.05) is 6.07 Å². The summed E-state index contributed by atoms with van der Waals surface area (Å²) in [7, 11) is 0. The number of hydrogen-bond donors (Lipinski definition) is 0. The molecule has 0 spiro atoms. The van der Waals surface area contributed by atoms with Crippen molar-refractivity contribution in [2.24, 2.45) is 0 Å². The Balaban J connectivity index is 2.02. The van der Waals surface area contributed by atoms with Crippen molar-refractivity contribution in [1.82, 2.24) is 9.88 Å². The van der Waals surface area contributed by atoms with Crippen LogP contribution in [0.5, 0.6) is 0 Å². The van der Waals surface area contributed by atoms with Crippen LogP contribution in [-0.4, -0.2) is 22.5 Å². The molecule has 1 fully saturated rings. The maximum Gasteiger partial charge on any atom is 0.129 e. The minimum Gasteiger partial charge on any atom is -0.296 e. The summed E-state index contributed by atoms with van der Waals surface area (Å²) in [4.78, 5) is 6.60. The van der Waals surface area contributed by atoms with Crippen LogP contribution in [0.15, 0.2) is 18.3 Å². The molecule has 1 saturated heterocycles. The van der Waals surface area contributed by atoms with E-state index in [1.165, 1.54) is 37.8 Å². The van der Waals surface area contributed by atoms with Gasteiger partial charge in [0.1, 0.15) is 5.15 Å². The number of nitrogens with zero attached hydrogens (tertiary/aromatic N) is 2. The molecule has 1 aromatic heterocycles. The van der Waals surface area contributed by atoms with Crippen molar-refractivity contribution in [2.75, 3.05) is 6.54 Å². The maximum absolute atomic E-state index is 5.90. The van der Waals surface area contributed by atoms with E-state index in [1.54, 1.807) is 6.20 Å². The minimum absolute atomic E-state index is 0.600. The van der Waals surface area contributed by atoms with Crippen molar-refractivity contribution in [3.8, 4) is 0 Å². The number of rotatable bonds is 3. The van der Waals surface area contributed by atoms with Crippen LogP contribution in [0.25, 0.3) is 0 Å². The van der Waals surface area contributed by atoms with Gasteiger partial charge in [0.2, 0.25) is 0 Å². The Labute approximate surface area is 103 Å². The molecule has 0 aromatic carbocycles. The zero-order valence-corrected chi connectivity index (χ0v) is 10.6. The van der Waals surface area contributed by atoms with Crippen LogP contribution in [0.3, 0.4) is 0 Å². The first-order chi connectivity index (χ1) is 7.79. The van der Waals surface area contributed by atoms with Crippen LogP contribution >= 0.6 is 11.6 Å². The predicted molar refractivity (Wildman–Crippen MR) is 67.6 cm³/mol. The van der Waals surface area contributed by atoms with Gasteiger partial charge in [-0.15, -0.1) is 0 Å². The summed E-state index contributed by atoms with van der Waals surface area (Å²) in [6, 6.07) is 4.79. The number of piperidine rings is 1. The number of likely N-dealkylation sites (tertiary alicyclic amines) is 1.